The molecule has 0 radical (unpaired) electrons. The predicted molar refractivity (Wildman–Crippen MR) is 70.1 cm³/mol. The van der Waals surface area contributed by atoms with Gasteiger partial charge in [0.15, 0.2) is 5.69 Å². The molecule has 0 unspecified atom stereocenters. The minimum atomic E-state index is -4.51. The number of nitrogens with two attached hydrogens (primary N) is 1. The maximum Gasteiger partial charge on any atom is 0.433 e. The topological polar surface area (TPSA) is 67.1 Å². The Morgan fingerprint density at radius 3 is 2.50 bits per heavy atom. The van der Waals surface area contributed by atoms with E-state index in [2.05, 4.69) is 22.3 Å². The number of nitrogen functional groups attached to an aromatic ring is 1. The highest BCUT2D eigenvalue weighted by Gasteiger charge is 2.34. The Morgan fingerprint density at radius 1 is 1.35 bits per heavy atom. The molecule has 0 amide bonds. The molecule has 5 nitrogen and oxygen atoms in total. The Balaban J connectivity index is 2.23. The molecule has 1 aliphatic rings. The summed E-state index contributed by atoms with van der Waals surface area (Å²) in [6, 6.07) is 0.979. The molecular formula is C12H18F3N5. The van der Waals surface area contributed by atoms with Gasteiger partial charge in [0, 0.05) is 19.2 Å². The Bertz CT molecular complexity index is 455. The van der Waals surface area contributed by atoms with Crippen molar-refractivity contribution >= 4 is 11.8 Å². The fourth-order valence-electron chi connectivity index (χ4n) is 2.38. The van der Waals surface area contributed by atoms with Crippen LogP contribution in [-0.4, -0.2) is 23.1 Å². The zero-order chi connectivity index (χ0) is 14.8. The summed E-state index contributed by atoms with van der Waals surface area (Å²) >= 11 is 0. The molecule has 3 N–H and O–H groups in total. The fraction of sp³-hybridized carbons (Fsp3) is 0.667. The average Bonchev–Trinajstić information content (AvgIpc) is 2.46. The van der Waals surface area contributed by atoms with Gasteiger partial charge in [0.1, 0.15) is 5.82 Å². The summed E-state index contributed by atoms with van der Waals surface area (Å²) in [6.45, 7) is 3.54. The second kappa shape index (κ2) is 5.82. The lowest BCUT2D eigenvalue weighted by atomic mass is 9.94. The highest BCUT2D eigenvalue weighted by molar-refractivity contribution is 5.45. The van der Waals surface area contributed by atoms with Crippen molar-refractivity contribution in [2.24, 2.45) is 11.8 Å². The molecule has 2 rings (SSSR count). The van der Waals surface area contributed by atoms with Crippen LogP contribution >= 0.6 is 0 Å². The number of anilines is 2. The van der Waals surface area contributed by atoms with Crippen LogP contribution in [0.4, 0.5) is 24.9 Å². The second-order valence-electron chi connectivity index (χ2n) is 4.92. The van der Waals surface area contributed by atoms with Crippen molar-refractivity contribution in [3.8, 4) is 0 Å². The van der Waals surface area contributed by atoms with Gasteiger partial charge in [-0.05, 0) is 18.8 Å². The molecule has 0 spiro atoms. The van der Waals surface area contributed by atoms with Crippen molar-refractivity contribution in [3.05, 3.63) is 11.8 Å². The van der Waals surface area contributed by atoms with E-state index in [1.807, 2.05) is 4.90 Å². The number of hydrazine groups is 1. The third kappa shape index (κ3) is 3.30. The van der Waals surface area contributed by atoms with E-state index in [0.717, 1.165) is 25.3 Å². The van der Waals surface area contributed by atoms with Gasteiger partial charge in [0.25, 0.3) is 0 Å². The van der Waals surface area contributed by atoms with Crippen LogP contribution in [0, 0.1) is 5.92 Å². The van der Waals surface area contributed by atoms with Gasteiger partial charge in [-0.15, -0.1) is 0 Å². The molecule has 1 aromatic rings. The molecular weight excluding hydrogens is 271 g/mol. The number of hydrogen-bond donors (Lipinski definition) is 2. The SMILES string of the molecule is CCC1CCN(c2cc(C(F)(F)F)nc(NN)n2)CC1. The van der Waals surface area contributed by atoms with E-state index in [9.17, 15) is 13.2 Å². The second-order valence-corrected chi connectivity index (χ2v) is 4.92. The minimum Gasteiger partial charge on any atom is -0.356 e. The lowest BCUT2D eigenvalue weighted by Crippen LogP contribution is -2.34. The Kier molecular flexibility index (Phi) is 4.32. The van der Waals surface area contributed by atoms with Crippen LogP contribution in [0.1, 0.15) is 31.9 Å². The van der Waals surface area contributed by atoms with Crippen LogP contribution in [-0.2, 0) is 6.18 Å². The van der Waals surface area contributed by atoms with Crippen molar-refractivity contribution in [2.75, 3.05) is 23.4 Å². The molecule has 0 aromatic carbocycles. The number of alkyl halides is 3. The molecule has 1 aliphatic heterocycles. The Labute approximate surface area is 115 Å². The monoisotopic (exact) mass is 289 g/mol. The van der Waals surface area contributed by atoms with E-state index in [1.54, 1.807) is 0 Å². The fourth-order valence-corrected chi connectivity index (χ4v) is 2.38. The number of nitrogens with one attached hydrogen (secondary N) is 1. The highest BCUT2D eigenvalue weighted by Crippen LogP contribution is 2.31. The van der Waals surface area contributed by atoms with Crippen molar-refractivity contribution in [3.63, 3.8) is 0 Å². The van der Waals surface area contributed by atoms with Gasteiger partial charge in [0.05, 0.1) is 0 Å². The van der Waals surface area contributed by atoms with E-state index in [-0.39, 0.29) is 11.8 Å². The lowest BCUT2D eigenvalue weighted by Gasteiger charge is -2.32. The van der Waals surface area contributed by atoms with Gasteiger partial charge in [-0.25, -0.2) is 10.8 Å². The molecule has 2 heterocycles. The predicted octanol–water partition coefficient (Wildman–Crippen LogP) is 2.41. The van der Waals surface area contributed by atoms with E-state index in [1.165, 1.54) is 0 Å². The molecule has 20 heavy (non-hydrogen) atoms. The van der Waals surface area contributed by atoms with Gasteiger partial charge in [-0.3, -0.25) is 5.43 Å². The molecule has 1 saturated heterocycles. The van der Waals surface area contributed by atoms with Gasteiger partial charge < -0.3 is 4.90 Å². The Morgan fingerprint density at radius 2 is 2.00 bits per heavy atom. The standard InChI is InChI=1S/C12H18F3N5/c1-2-8-3-5-20(6-4-8)10-7-9(12(13,14)15)17-11(18-10)19-16/h7-8H,2-6,16H2,1H3,(H,17,18,19). The van der Waals surface area contributed by atoms with E-state index < -0.39 is 11.9 Å². The zero-order valence-corrected chi connectivity index (χ0v) is 11.2. The third-order valence-corrected chi connectivity index (χ3v) is 3.65. The molecule has 1 fully saturated rings. The van der Waals surface area contributed by atoms with Gasteiger partial charge in [-0.1, -0.05) is 13.3 Å². The normalized spacial score (nSPS) is 17.4. The summed E-state index contributed by atoms with van der Waals surface area (Å²) in [6.07, 6.45) is -1.48. The summed E-state index contributed by atoms with van der Waals surface area (Å²) in [5, 5.41) is 0. The zero-order valence-electron chi connectivity index (χ0n) is 11.2. The quantitative estimate of drug-likeness (QED) is 0.660. The lowest BCUT2D eigenvalue weighted by molar-refractivity contribution is -0.141. The van der Waals surface area contributed by atoms with E-state index >= 15 is 0 Å². The van der Waals surface area contributed by atoms with Crippen LogP contribution < -0.4 is 16.2 Å². The molecule has 0 bridgehead atoms. The van der Waals surface area contributed by atoms with Crippen molar-refractivity contribution in [1.29, 1.82) is 0 Å². The highest BCUT2D eigenvalue weighted by atomic mass is 19.4. The van der Waals surface area contributed by atoms with Gasteiger partial charge >= 0.3 is 6.18 Å². The van der Waals surface area contributed by atoms with Gasteiger partial charge in [-0.2, -0.15) is 18.2 Å². The number of aromatic nitrogens is 2. The van der Waals surface area contributed by atoms with Crippen molar-refractivity contribution in [2.45, 2.75) is 32.4 Å². The third-order valence-electron chi connectivity index (χ3n) is 3.65. The summed E-state index contributed by atoms with van der Waals surface area (Å²) < 4.78 is 38.4. The minimum absolute atomic E-state index is 0.215. The average molecular weight is 289 g/mol. The largest absolute Gasteiger partial charge is 0.433 e. The molecule has 8 heteroatoms. The summed E-state index contributed by atoms with van der Waals surface area (Å²) in [4.78, 5) is 9.22. The molecule has 112 valence electrons. The number of rotatable bonds is 3. The first-order valence-corrected chi connectivity index (χ1v) is 6.62. The molecule has 0 aliphatic carbocycles. The van der Waals surface area contributed by atoms with E-state index in [0.29, 0.717) is 19.0 Å². The smallest absolute Gasteiger partial charge is 0.356 e. The van der Waals surface area contributed by atoms with Crippen molar-refractivity contribution in [1.82, 2.24) is 9.97 Å². The number of hydrogen-bond acceptors (Lipinski definition) is 5. The molecule has 1 aromatic heterocycles. The Hall–Kier alpha value is -1.57. The number of halogens is 3. The van der Waals surface area contributed by atoms with Crippen molar-refractivity contribution < 1.29 is 13.2 Å². The van der Waals surface area contributed by atoms with Crippen LogP contribution in [0.5, 0.6) is 0 Å². The first-order valence-electron chi connectivity index (χ1n) is 6.62. The van der Waals surface area contributed by atoms with Crippen LogP contribution in [0.15, 0.2) is 6.07 Å². The van der Waals surface area contributed by atoms with Crippen LogP contribution in [0.2, 0.25) is 0 Å². The van der Waals surface area contributed by atoms with Crippen LogP contribution in [0.25, 0.3) is 0 Å². The summed E-state index contributed by atoms with van der Waals surface area (Å²) in [5.74, 6) is 5.84. The molecule has 0 saturated carbocycles. The first-order chi connectivity index (χ1) is 9.44. The summed E-state index contributed by atoms with van der Waals surface area (Å²) in [5.41, 5.74) is 1.11. The maximum atomic E-state index is 12.8. The number of piperidine rings is 1. The van der Waals surface area contributed by atoms with E-state index in [4.69, 9.17) is 5.84 Å². The van der Waals surface area contributed by atoms with Crippen LogP contribution in [0.3, 0.4) is 0 Å². The first kappa shape index (κ1) is 14.8. The number of nitrogens with zero attached hydrogens (tertiary/aromatic N) is 3. The van der Waals surface area contributed by atoms with Gasteiger partial charge in [0.2, 0.25) is 5.95 Å². The summed E-state index contributed by atoms with van der Waals surface area (Å²) in [7, 11) is 0. The maximum absolute atomic E-state index is 12.8. The molecule has 0 atom stereocenters.